The first-order valence-electron chi connectivity index (χ1n) is 16.2. The first kappa shape index (κ1) is 39.2. The smallest absolute Gasteiger partial charge is 0.421 e. The van der Waals surface area contributed by atoms with E-state index in [-0.39, 0.29) is 35.9 Å². The number of nitrogens with one attached hydrogen (secondary N) is 1. The molecule has 1 aromatic heterocycles. The fourth-order valence-corrected chi connectivity index (χ4v) is 4.43. The van der Waals surface area contributed by atoms with Gasteiger partial charge in [-0.3, -0.25) is 10.2 Å². The van der Waals surface area contributed by atoms with Gasteiger partial charge in [0, 0.05) is 23.5 Å². The molecule has 0 saturated carbocycles. The Labute approximate surface area is 294 Å². The third kappa shape index (κ3) is 11.7. The second-order valence-corrected chi connectivity index (χ2v) is 14.6. The maximum absolute atomic E-state index is 15.6. The molecule has 3 amide bonds. The predicted octanol–water partition coefficient (Wildman–Crippen LogP) is 9.74. The molecule has 50 heavy (non-hydrogen) atoms. The number of benzene rings is 2. The highest BCUT2D eigenvalue weighted by atomic mass is 19.1. The number of aromatic nitrogens is 2. The summed E-state index contributed by atoms with van der Waals surface area (Å²) in [4.78, 5) is 50.4. The van der Waals surface area contributed by atoms with E-state index >= 15 is 4.39 Å². The summed E-state index contributed by atoms with van der Waals surface area (Å²) in [5.74, 6) is -0.952. The fourth-order valence-electron chi connectivity index (χ4n) is 4.43. The van der Waals surface area contributed by atoms with Crippen molar-refractivity contribution in [2.75, 3.05) is 28.3 Å². The van der Waals surface area contributed by atoms with E-state index in [0.29, 0.717) is 22.5 Å². The maximum atomic E-state index is 15.6. The van der Waals surface area contributed by atoms with Crippen molar-refractivity contribution in [3.05, 3.63) is 84.8 Å². The van der Waals surface area contributed by atoms with Gasteiger partial charge in [-0.25, -0.2) is 33.6 Å². The van der Waals surface area contributed by atoms with Crippen LogP contribution in [0.5, 0.6) is 0 Å². The van der Waals surface area contributed by atoms with E-state index in [2.05, 4.69) is 21.9 Å². The Morgan fingerprint density at radius 2 is 1.58 bits per heavy atom. The molecule has 12 heteroatoms. The summed E-state index contributed by atoms with van der Waals surface area (Å²) >= 11 is 0. The summed E-state index contributed by atoms with van der Waals surface area (Å²) in [7, 11) is 0. The first-order chi connectivity index (χ1) is 23.2. The topological polar surface area (TPSA) is 123 Å². The van der Waals surface area contributed by atoms with Crippen molar-refractivity contribution in [1.82, 2.24) is 9.97 Å². The highest BCUT2D eigenvalue weighted by Gasteiger charge is 2.29. The lowest BCUT2D eigenvalue weighted by Crippen LogP contribution is -2.37. The summed E-state index contributed by atoms with van der Waals surface area (Å²) in [5, 5.41) is 2.65. The van der Waals surface area contributed by atoms with E-state index < -0.39 is 35.3 Å². The molecule has 3 aromatic rings. The molecule has 3 rings (SSSR count). The second-order valence-electron chi connectivity index (χ2n) is 14.6. The number of hydrogen-bond acceptors (Lipinski definition) is 8. The van der Waals surface area contributed by atoms with Crippen molar-refractivity contribution in [2.45, 2.75) is 80.4 Å². The van der Waals surface area contributed by atoms with Crippen LogP contribution in [0.4, 0.5) is 41.8 Å². The van der Waals surface area contributed by atoms with Crippen LogP contribution in [0.2, 0.25) is 0 Å². The molecule has 0 aliphatic carbocycles. The van der Waals surface area contributed by atoms with E-state index in [1.165, 1.54) is 11.0 Å². The van der Waals surface area contributed by atoms with Crippen LogP contribution < -0.4 is 15.1 Å². The molecule has 0 atom stereocenters. The number of anilines is 4. The number of ether oxygens (including phenoxy) is 3. The lowest BCUT2D eigenvalue weighted by molar-refractivity contribution is 0.0578. The minimum atomic E-state index is -0.903. The second kappa shape index (κ2) is 16.0. The van der Waals surface area contributed by atoms with Crippen molar-refractivity contribution in [3.63, 3.8) is 0 Å². The van der Waals surface area contributed by atoms with Gasteiger partial charge < -0.3 is 14.2 Å². The molecule has 0 bridgehead atoms. The Hall–Kier alpha value is -5.26. The quantitative estimate of drug-likeness (QED) is 0.174. The number of rotatable bonds is 9. The van der Waals surface area contributed by atoms with Gasteiger partial charge in [-0.05, 0) is 89.8 Å². The molecule has 2 aromatic carbocycles. The van der Waals surface area contributed by atoms with E-state index in [0.717, 1.165) is 11.1 Å². The first-order valence-corrected chi connectivity index (χ1v) is 16.2. The van der Waals surface area contributed by atoms with Gasteiger partial charge in [0.05, 0.1) is 11.9 Å². The Kier molecular flexibility index (Phi) is 12.5. The zero-order chi connectivity index (χ0) is 37.4. The monoisotopic (exact) mass is 689 g/mol. The van der Waals surface area contributed by atoms with Crippen LogP contribution in [-0.2, 0) is 14.2 Å². The molecular formula is C38H48FN5O6. The lowest BCUT2D eigenvalue weighted by atomic mass is 9.96. The van der Waals surface area contributed by atoms with Crippen LogP contribution in [-0.4, -0.2) is 52.6 Å². The van der Waals surface area contributed by atoms with Crippen LogP contribution in [0.1, 0.15) is 67.9 Å². The minimum Gasteiger partial charge on any atom is -0.445 e. The lowest BCUT2D eigenvalue weighted by Gasteiger charge is -2.27. The van der Waals surface area contributed by atoms with Gasteiger partial charge in [-0.15, -0.1) is 6.58 Å². The molecule has 268 valence electrons. The highest BCUT2D eigenvalue weighted by molar-refractivity contribution is 5.96. The average molecular weight is 690 g/mol. The summed E-state index contributed by atoms with van der Waals surface area (Å²) < 4.78 is 32.1. The van der Waals surface area contributed by atoms with Gasteiger partial charge in [-0.2, -0.15) is 0 Å². The van der Waals surface area contributed by atoms with Crippen LogP contribution in [0.25, 0.3) is 11.3 Å². The zero-order valence-corrected chi connectivity index (χ0v) is 30.6. The normalized spacial score (nSPS) is 11.9. The minimum absolute atomic E-state index is 0.0605. The number of carbonyl (C=O) groups is 3. The van der Waals surface area contributed by atoms with Crippen molar-refractivity contribution in [2.24, 2.45) is 5.41 Å². The van der Waals surface area contributed by atoms with Crippen molar-refractivity contribution in [1.29, 1.82) is 0 Å². The molecule has 0 aliphatic rings. The van der Waals surface area contributed by atoms with Crippen molar-refractivity contribution in [3.8, 4) is 11.3 Å². The van der Waals surface area contributed by atoms with Gasteiger partial charge in [0.2, 0.25) is 5.95 Å². The van der Waals surface area contributed by atoms with Gasteiger partial charge in [0.1, 0.15) is 23.5 Å². The number of nitrogens with zero attached hydrogens (tertiary/aromatic N) is 4. The summed E-state index contributed by atoms with van der Waals surface area (Å²) in [6, 6.07) is 11.4. The number of amides is 3. The Morgan fingerprint density at radius 3 is 2.20 bits per heavy atom. The third-order valence-corrected chi connectivity index (χ3v) is 6.50. The number of hydrogen-bond donors (Lipinski definition) is 1. The molecule has 0 unspecified atom stereocenters. The molecule has 0 radical (unpaired) electrons. The highest BCUT2D eigenvalue weighted by Crippen LogP contribution is 2.33. The largest absolute Gasteiger partial charge is 0.445 e. The molecule has 0 fully saturated rings. The average Bonchev–Trinajstić information content (AvgIpc) is 2.97. The SMILES string of the molecule is C=CCN(C(=O)OC(C)(C)C)c1ccc(C)c(-c2nc(N(C(=O)OC(C)(C)C)c3cccc(NC(=O)OCC=CC(C)(C)C)c3)ncc2F)c1. The Balaban J connectivity index is 2.06. The molecule has 1 N–H and O–H groups in total. The van der Waals surface area contributed by atoms with Gasteiger partial charge in [0.25, 0.3) is 0 Å². The van der Waals surface area contributed by atoms with Gasteiger partial charge in [-0.1, -0.05) is 51.1 Å². The third-order valence-electron chi connectivity index (χ3n) is 6.50. The standard InChI is InChI=1S/C38H48FN5O6/c1-12-20-43(34(46)49-37(6,7)8)27-18-17-25(2)29(23-27)31-30(39)24-40-32(42-31)44(35(47)50-38(9,10)11)28-16-13-15-26(22-28)41-33(45)48-21-14-19-36(3,4)5/h12-19,22-24H,1,20-21H2,2-11H3,(H,41,45). The molecule has 11 nitrogen and oxygen atoms in total. The molecule has 0 aliphatic heterocycles. The van der Waals surface area contributed by atoms with E-state index in [1.807, 2.05) is 26.8 Å². The van der Waals surface area contributed by atoms with Crippen LogP contribution in [0.3, 0.4) is 0 Å². The molecule has 1 heterocycles. The maximum Gasteiger partial charge on any atom is 0.421 e. The summed E-state index contributed by atoms with van der Waals surface area (Å²) in [5.41, 5.74) is 0.129. The number of carbonyl (C=O) groups excluding carboxylic acids is 3. The summed E-state index contributed by atoms with van der Waals surface area (Å²) in [6.45, 7) is 22.2. The molecule has 0 saturated heterocycles. The fraction of sp³-hybridized carbons (Fsp3) is 0.395. The van der Waals surface area contributed by atoms with Crippen LogP contribution in [0, 0.1) is 18.2 Å². The van der Waals surface area contributed by atoms with E-state index in [1.54, 1.807) is 97.0 Å². The number of allylic oxidation sites excluding steroid dienone is 1. The number of aryl methyl sites for hydroxylation is 1. The van der Waals surface area contributed by atoms with E-state index in [9.17, 15) is 14.4 Å². The Morgan fingerprint density at radius 1 is 0.920 bits per heavy atom. The van der Waals surface area contributed by atoms with Crippen LogP contribution in [0.15, 0.2) is 73.5 Å². The van der Waals surface area contributed by atoms with Crippen molar-refractivity contribution < 1.29 is 33.0 Å². The van der Waals surface area contributed by atoms with Crippen molar-refractivity contribution >= 4 is 41.3 Å². The zero-order valence-electron chi connectivity index (χ0n) is 30.6. The van der Waals surface area contributed by atoms with Crippen LogP contribution >= 0.6 is 0 Å². The van der Waals surface area contributed by atoms with E-state index in [4.69, 9.17) is 14.2 Å². The predicted molar refractivity (Wildman–Crippen MR) is 194 cm³/mol. The Bertz CT molecular complexity index is 1740. The van der Waals surface area contributed by atoms with Gasteiger partial charge >= 0.3 is 18.3 Å². The van der Waals surface area contributed by atoms with Gasteiger partial charge in [0.15, 0.2) is 5.82 Å². The molecular weight excluding hydrogens is 641 g/mol. The summed E-state index contributed by atoms with van der Waals surface area (Å²) in [6.07, 6.45) is 4.07. The number of halogens is 1. The molecule has 0 spiro atoms.